The largest absolute Gasteiger partial charge is 0.496 e. The van der Waals surface area contributed by atoms with Gasteiger partial charge in [-0.25, -0.2) is 4.98 Å². The van der Waals surface area contributed by atoms with Gasteiger partial charge >= 0.3 is 0 Å². The summed E-state index contributed by atoms with van der Waals surface area (Å²) in [6.45, 7) is 0. The summed E-state index contributed by atoms with van der Waals surface area (Å²) < 4.78 is 23.1. The third-order valence-corrected chi connectivity index (χ3v) is 5.64. The Kier molecular flexibility index (Phi) is 6.75. The Bertz CT molecular complexity index is 1450. The molecule has 4 aromatic rings. The number of rotatable bonds is 7. The van der Waals surface area contributed by atoms with Crippen molar-refractivity contribution in [2.24, 2.45) is 0 Å². The summed E-state index contributed by atoms with van der Waals surface area (Å²) in [4.78, 5) is 18.2. The van der Waals surface area contributed by atoms with Crippen LogP contribution in [0.2, 0.25) is 5.02 Å². The van der Waals surface area contributed by atoms with Crippen molar-refractivity contribution in [2.75, 3.05) is 28.4 Å². The number of fused-ring (bicyclic) bond motifs is 1. The lowest BCUT2D eigenvalue weighted by molar-refractivity contribution is 0.348. The summed E-state index contributed by atoms with van der Waals surface area (Å²) >= 11 is 6.36. The number of hydrogen-bond acceptors (Lipinski definition) is 6. The monoisotopic (exact) mass is 478 g/mol. The number of nitrogens with zero attached hydrogens (tertiary/aromatic N) is 2. The van der Waals surface area contributed by atoms with E-state index in [0.717, 1.165) is 5.56 Å². The average molecular weight is 479 g/mol. The highest BCUT2D eigenvalue weighted by Gasteiger charge is 2.14. The molecule has 8 heteroatoms. The predicted molar refractivity (Wildman–Crippen MR) is 134 cm³/mol. The molecule has 1 heterocycles. The van der Waals surface area contributed by atoms with E-state index < -0.39 is 0 Å². The SMILES string of the molecule is COc1ccc(-n2c(C=Cc3cc(OC)c(OC)cc3OC)nc3ccccc3c2=O)cc1Cl. The topological polar surface area (TPSA) is 71.8 Å². The zero-order chi connectivity index (χ0) is 24.2. The van der Waals surface area contributed by atoms with Gasteiger partial charge in [-0.05, 0) is 48.6 Å². The molecule has 0 aliphatic heterocycles. The van der Waals surface area contributed by atoms with Crippen LogP contribution in [0.3, 0.4) is 0 Å². The molecule has 0 aliphatic rings. The van der Waals surface area contributed by atoms with Gasteiger partial charge in [-0.1, -0.05) is 23.7 Å². The van der Waals surface area contributed by atoms with Crippen LogP contribution in [0.1, 0.15) is 11.4 Å². The van der Waals surface area contributed by atoms with Crippen molar-refractivity contribution in [1.82, 2.24) is 9.55 Å². The van der Waals surface area contributed by atoms with Gasteiger partial charge in [0.15, 0.2) is 11.5 Å². The summed E-state index contributed by atoms with van der Waals surface area (Å²) in [5, 5.41) is 0.881. The van der Waals surface area contributed by atoms with E-state index in [2.05, 4.69) is 0 Å². The summed E-state index contributed by atoms with van der Waals surface area (Å²) in [7, 11) is 6.23. The molecule has 0 fully saturated rings. The van der Waals surface area contributed by atoms with Crippen LogP contribution < -0.4 is 24.5 Å². The molecule has 0 radical (unpaired) electrons. The highest BCUT2D eigenvalue weighted by atomic mass is 35.5. The van der Waals surface area contributed by atoms with Crippen molar-refractivity contribution >= 4 is 34.7 Å². The van der Waals surface area contributed by atoms with E-state index in [4.69, 9.17) is 35.5 Å². The minimum atomic E-state index is -0.217. The van der Waals surface area contributed by atoms with Crippen LogP contribution in [-0.2, 0) is 0 Å². The first kappa shape index (κ1) is 23.2. The van der Waals surface area contributed by atoms with Gasteiger partial charge in [0, 0.05) is 11.6 Å². The minimum absolute atomic E-state index is 0.217. The molecule has 1 aromatic heterocycles. The molecule has 0 bridgehead atoms. The number of methoxy groups -OCH3 is 4. The number of ether oxygens (including phenoxy) is 4. The fourth-order valence-corrected chi connectivity index (χ4v) is 3.90. The molecule has 34 heavy (non-hydrogen) atoms. The lowest BCUT2D eigenvalue weighted by atomic mass is 10.1. The Balaban J connectivity index is 1.93. The maximum Gasteiger partial charge on any atom is 0.266 e. The second-order valence-electron chi connectivity index (χ2n) is 7.23. The van der Waals surface area contributed by atoms with Crippen molar-refractivity contribution in [3.05, 3.63) is 81.4 Å². The minimum Gasteiger partial charge on any atom is -0.496 e. The fourth-order valence-electron chi connectivity index (χ4n) is 3.65. The molecule has 0 saturated carbocycles. The zero-order valence-corrected chi connectivity index (χ0v) is 19.9. The third kappa shape index (κ3) is 4.30. The van der Waals surface area contributed by atoms with Gasteiger partial charge in [0.2, 0.25) is 0 Å². The first-order chi connectivity index (χ1) is 16.5. The summed E-state index contributed by atoms with van der Waals surface area (Å²) in [5.41, 5.74) is 1.66. The maximum absolute atomic E-state index is 13.5. The molecule has 3 aromatic carbocycles. The highest BCUT2D eigenvalue weighted by Crippen LogP contribution is 2.35. The van der Waals surface area contributed by atoms with Gasteiger partial charge < -0.3 is 18.9 Å². The molecular formula is C26H23ClN2O5. The number of aromatic nitrogens is 2. The normalized spacial score (nSPS) is 11.1. The number of hydrogen-bond donors (Lipinski definition) is 0. The molecule has 4 rings (SSSR count). The molecule has 0 N–H and O–H groups in total. The summed E-state index contributed by atoms with van der Waals surface area (Å²) in [5.74, 6) is 2.61. The van der Waals surface area contributed by atoms with Gasteiger partial charge in [0.1, 0.15) is 17.3 Å². The first-order valence-electron chi connectivity index (χ1n) is 10.3. The van der Waals surface area contributed by atoms with Crippen molar-refractivity contribution in [2.45, 2.75) is 0 Å². The molecule has 0 saturated heterocycles. The number of halogens is 1. The van der Waals surface area contributed by atoms with Crippen LogP contribution in [0.5, 0.6) is 23.0 Å². The quantitative estimate of drug-likeness (QED) is 0.361. The average Bonchev–Trinajstić information content (AvgIpc) is 2.86. The Morgan fingerprint density at radius 2 is 1.47 bits per heavy atom. The van der Waals surface area contributed by atoms with Crippen LogP contribution in [0.4, 0.5) is 0 Å². The summed E-state index contributed by atoms with van der Waals surface area (Å²) in [6, 6.07) is 15.9. The van der Waals surface area contributed by atoms with Crippen LogP contribution >= 0.6 is 11.6 Å². The Morgan fingerprint density at radius 3 is 2.15 bits per heavy atom. The van der Waals surface area contributed by atoms with E-state index in [9.17, 15) is 4.79 Å². The Hall–Kier alpha value is -3.97. The van der Waals surface area contributed by atoms with E-state index in [1.807, 2.05) is 6.07 Å². The van der Waals surface area contributed by atoms with E-state index in [0.29, 0.717) is 50.4 Å². The standard InChI is InChI=1S/C26H23ClN2O5/c1-31-21-11-10-17(14-19(21)27)29-25(28-20-8-6-5-7-18(20)26(29)30)12-9-16-13-23(33-3)24(34-4)15-22(16)32-2/h5-15H,1-4H3. The van der Waals surface area contributed by atoms with E-state index in [1.54, 1.807) is 82.0 Å². The van der Waals surface area contributed by atoms with Crippen LogP contribution in [-0.4, -0.2) is 38.0 Å². The van der Waals surface area contributed by atoms with Crippen molar-refractivity contribution in [3.63, 3.8) is 0 Å². The molecule has 0 atom stereocenters. The van der Waals surface area contributed by atoms with Gasteiger partial charge in [-0.2, -0.15) is 0 Å². The van der Waals surface area contributed by atoms with Gasteiger partial charge in [-0.3, -0.25) is 9.36 Å². The van der Waals surface area contributed by atoms with Gasteiger partial charge in [0.25, 0.3) is 5.56 Å². The molecular weight excluding hydrogens is 456 g/mol. The van der Waals surface area contributed by atoms with Gasteiger partial charge in [-0.15, -0.1) is 0 Å². The van der Waals surface area contributed by atoms with E-state index >= 15 is 0 Å². The second-order valence-corrected chi connectivity index (χ2v) is 7.64. The molecule has 7 nitrogen and oxygen atoms in total. The Labute approximate surface area is 201 Å². The second kappa shape index (κ2) is 9.89. The van der Waals surface area contributed by atoms with Crippen molar-refractivity contribution in [3.8, 4) is 28.7 Å². The lowest BCUT2D eigenvalue weighted by Gasteiger charge is -2.14. The Morgan fingerprint density at radius 1 is 0.794 bits per heavy atom. The smallest absolute Gasteiger partial charge is 0.266 e. The molecule has 0 aliphatic carbocycles. The van der Waals surface area contributed by atoms with Gasteiger partial charge in [0.05, 0.1) is 50.1 Å². The number of benzene rings is 3. The lowest BCUT2D eigenvalue weighted by Crippen LogP contribution is -2.22. The molecule has 174 valence electrons. The molecule has 0 unspecified atom stereocenters. The fraction of sp³-hybridized carbons (Fsp3) is 0.154. The maximum atomic E-state index is 13.5. The highest BCUT2D eigenvalue weighted by molar-refractivity contribution is 6.32. The predicted octanol–water partition coefficient (Wildman–Crippen LogP) is 5.24. The van der Waals surface area contributed by atoms with Crippen molar-refractivity contribution < 1.29 is 18.9 Å². The molecule has 0 spiro atoms. The van der Waals surface area contributed by atoms with E-state index in [-0.39, 0.29) is 5.56 Å². The summed E-state index contributed by atoms with van der Waals surface area (Å²) in [6.07, 6.45) is 3.55. The molecule has 0 amide bonds. The number of para-hydroxylation sites is 1. The van der Waals surface area contributed by atoms with Crippen LogP contribution in [0, 0.1) is 0 Å². The zero-order valence-electron chi connectivity index (χ0n) is 19.2. The third-order valence-electron chi connectivity index (χ3n) is 5.34. The van der Waals surface area contributed by atoms with Crippen molar-refractivity contribution in [1.29, 1.82) is 0 Å². The van der Waals surface area contributed by atoms with Crippen LogP contribution in [0.25, 0.3) is 28.7 Å². The van der Waals surface area contributed by atoms with E-state index in [1.165, 1.54) is 11.7 Å². The van der Waals surface area contributed by atoms with Crippen LogP contribution in [0.15, 0.2) is 59.4 Å². The first-order valence-corrected chi connectivity index (χ1v) is 10.7.